The quantitative estimate of drug-likeness (QED) is 0.633. The number of nitrogens with zero attached hydrogens (tertiary/aromatic N) is 3. The van der Waals surface area contributed by atoms with Crippen LogP contribution in [0.2, 0.25) is 5.02 Å². The molecule has 2 aromatic rings. The third-order valence-electron chi connectivity index (χ3n) is 3.06. The van der Waals surface area contributed by atoms with Crippen molar-refractivity contribution in [3.8, 4) is 0 Å². The molecule has 0 bridgehead atoms. The van der Waals surface area contributed by atoms with E-state index in [-0.39, 0.29) is 0 Å². The van der Waals surface area contributed by atoms with Crippen LogP contribution in [0.15, 0.2) is 48.0 Å². The lowest BCUT2D eigenvalue weighted by atomic mass is 10.1. The molecule has 0 spiro atoms. The van der Waals surface area contributed by atoms with E-state index in [0.29, 0.717) is 0 Å². The standard InChI is InChI=1S/C15H20ClN5/c1-17-15(20-9-11-21-10-8-18-12-21)19-7-6-13-2-4-14(16)5-3-13/h2-5,8,10,12H,6-7,9,11H2,1H3,(H2,17,19,20). The molecule has 1 aromatic heterocycles. The molecule has 0 atom stereocenters. The van der Waals surface area contributed by atoms with Gasteiger partial charge in [-0.3, -0.25) is 4.99 Å². The van der Waals surface area contributed by atoms with Gasteiger partial charge in [0.15, 0.2) is 5.96 Å². The zero-order valence-corrected chi connectivity index (χ0v) is 12.8. The summed E-state index contributed by atoms with van der Waals surface area (Å²) in [6, 6.07) is 7.91. The predicted octanol–water partition coefficient (Wildman–Crippen LogP) is 1.94. The largest absolute Gasteiger partial charge is 0.356 e. The highest BCUT2D eigenvalue weighted by atomic mass is 35.5. The second kappa shape index (κ2) is 8.32. The molecule has 2 rings (SSSR count). The Balaban J connectivity index is 1.66. The number of halogens is 1. The summed E-state index contributed by atoms with van der Waals surface area (Å²) in [6.07, 6.45) is 6.45. The van der Waals surface area contributed by atoms with E-state index < -0.39 is 0 Å². The summed E-state index contributed by atoms with van der Waals surface area (Å²) in [4.78, 5) is 8.21. The summed E-state index contributed by atoms with van der Waals surface area (Å²) in [5.74, 6) is 0.809. The van der Waals surface area contributed by atoms with E-state index in [1.54, 1.807) is 19.6 Å². The summed E-state index contributed by atoms with van der Waals surface area (Å²) in [6.45, 7) is 2.49. The van der Waals surface area contributed by atoms with Gasteiger partial charge in [0.05, 0.1) is 6.33 Å². The zero-order chi connectivity index (χ0) is 14.9. The molecular formula is C15H20ClN5. The minimum Gasteiger partial charge on any atom is -0.356 e. The number of benzene rings is 1. The van der Waals surface area contributed by atoms with Gasteiger partial charge in [0.2, 0.25) is 0 Å². The van der Waals surface area contributed by atoms with E-state index >= 15 is 0 Å². The Morgan fingerprint density at radius 2 is 2.00 bits per heavy atom. The first-order valence-corrected chi connectivity index (χ1v) is 7.30. The summed E-state index contributed by atoms with van der Waals surface area (Å²) in [5.41, 5.74) is 1.25. The second-order valence-corrected chi connectivity index (χ2v) is 5.04. The molecule has 0 aliphatic rings. The minimum atomic E-state index is 0.767. The molecule has 0 amide bonds. The smallest absolute Gasteiger partial charge is 0.191 e. The highest BCUT2D eigenvalue weighted by molar-refractivity contribution is 6.30. The van der Waals surface area contributed by atoms with Crippen molar-refractivity contribution in [1.82, 2.24) is 20.2 Å². The molecule has 0 saturated heterocycles. The third-order valence-corrected chi connectivity index (χ3v) is 3.32. The van der Waals surface area contributed by atoms with Crippen LogP contribution in [0.3, 0.4) is 0 Å². The van der Waals surface area contributed by atoms with Crippen LogP contribution in [-0.4, -0.2) is 35.6 Å². The van der Waals surface area contributed by atoms with E-state index in [9.17, 15) is 0 Å². The predicted molar refractivity (Wildman–Crippen MR) is 86.7 cm³/mol. The Hall–Kier alpha value is -2.01. The molecule has 1 aromatic carbocycles. The first-order valence-electron chi connectivity index (χ1n) is 6.92. The Bertz CT molecular complexity index is 548. The lowest BCUT2D eigenvalue weighted by Gasteiger charge is -2.12. The van der Waals surface area contributed by atoms with Crippen molar-refractivity contribution in [2.75, 3.05) is 20.1 Å². The molecule has 112 valence electrons. The first kappa shape index (κ1) is 15.4. The van der Waals surface area contributed by atoms with Crippen molar-refractivity contribution >= 4 is 17.6 Å². The number of hydrogen-bond acceptors (Lipinski definition) is 2. The maximum Gasteiger partial charge on any atom is 0.191 e. The lowest BCUT2D eigenvalue weighted by Crippen LogP contribution is -2.39. The van der Waals surface area contributed by atoms with Gasteiger partial charge in [0.25, 0.3) is 0 Å². The fourth-order valence-electron chi connectivity index (χ4n) is 1.92. The van der Waals surface area contributed by atoms with Crippen LogP contribution in [0.25, 0.3) is 0 Å². The molecule has 0 aliphatic carbocycles. The van der Waals surface area contributed by atoms with Crippen LogP contribution < -0.4 is 10.6 Å². The minimum absolute atomic E-state index is 0.767. The number of rotatable bonds is 6. The summed E-state index contributed by atoms with van der Waals surface area (Å²) in [7, 11) is 1.77. The van der Waals surface area contributed by atoms with Crippen molar-refractivity contribution in [2.24, 2.45) is 4.99 Å². The Morgan fingerprint density at radius 3 is 2.67 bits per heavy atom. The average Bonchev–Trinajstić information content (AvgIpc) is 3.01. The second-order valence-electron chi connectivity index (χ2n) is 4.60. The first-order chi connectivity index (χ1) is 10.3. The number of aromatic nitrogens is 2. The Morgan fingerprint density at radius 1 is 1.24 bits per heavy atom. The van der Waals surface area contributed by atoms with Crippen molar-refractivity contribution in [1.29, 1.82) is 0 Å². The fourth-order valence-corrected chi connectivity index (χ4v) is 2.05. The number of aliphatic imine (C=N–C) groups is 1. The lowest BCUT2D eigenvalue weighted by molar-refractivity contribution is 0.661. The zero-order valence-electron chi connectivity index (χ0n) is 12.1. The van der Waals surface area contributed by atoms with E-state index in [1.165, 1.54) is 5.56 Å². The fraction of sp³-hybridized carbons (Fsp3) is 0.333. The highest BCUT2D eigenvalue weighted by Crippen LogP contribution is 2.09. The van der Waals surface area contributed by atoms with Crippen molar-refractivity contribution in [3.63, 3.8) is 0 Å². The SMILES string of the molecule is CN=C(NCCc1ccc(Cl)cc1)NCCn1ccnc1. The normalized spacial score (nSPS) is 11.4. The van der Waals surface area contributed by atoms with Gasteiger partial charge >= 0.3 is 0 Å². The van der Waals surface area contributed by atoms with Gasteiger partial charge in [-0.05, 0) is 24.1 Å². The maximum atomic E-state index is 5.87. The molecule has 0 saturated carbocycles. The van der Waals surface area contributed by atoms with Crippen LogP contribution in [0.5, 0.6) is 0 Å². The Labute approximate surface area is 130 Å². The summed E-state index contributed by atoms with van der Waals surface area (Å²) in [5, 5.41) is 7.33. The topological polar surface area (TPSA) is 54.2 Å². The maximum absolute atomic E-state index is 5.87. The van der Waals surface area contributed by atoms with Gasteiger partial charge in [-0.25, -0.2) is 4.98 Å². The van der Waals surface area contributed by atoms with Crippen molar-refractivity contribution < 1.29 is 0 Å². The van der Waals surface area contributed by atoms with E-state index in [2.05, 4.69) is 20.6 Å². The van der Waals surface area contributed by atoms with Crippen LogP contribution >= 0.6 is 11.6 Å². The summed E-state index contributed by atoms with van der Waals surface area (Å²) >= 11 is 5.87. The van der Waals surface area contributed by atoms with Gasteiger partial charge in [-0.15, -0.1) is 0 Å². The Kier molecular flexibility index (Phi) is 6.09. The van der Waals surface area contributed by atoms with E-state index in [1.807, 2.05) is 35.0 Å². The molecule has 21 heavy (non-hydrogen) atoms. The van der Waals surface area contributed by atoms with Crippen molar-refractivity contribution in [2.45, 2.75) is 13.0 Å². The van der Waals surface area contributed by atoms with Gasteiger partial charge in [-0.1, -0.05) is 23.7 Å². The van der Waals surface area contributed by atoms with Gasteiger partial charge in [0, 0.05) is 44.1 Å². The number of imidazole rings is 1. The van der Waals surface area contributed by atoms with Gasteiger partial charge in [0.1, 0.15) is 0 Å². The van der Waals surface area contributed by atoms with Crippen LogP contribution in [0.1, 0.15) is 5.56 Å². The number of guanidine groups is 1. The van der Waals surface area contributed by atoms with Crippen molar-refractivity contribution in [3.05, 3.63) is 53.6 Å². The van der Waals surface area contributed by atoms with Crippen LogP contribution in [-0.2, 0) is 13.0 Å². The van der Waals surface area contributed by atoms with Crippen LogP contribution in [0, 0.1) is 0 Å². The van der Waals surface area contributed by atoms with E-state index in [4.69, 9.17) is 11.6 Å². The van der Waals surface area contributed by atoms with E-state index in [0.717, 1.165) is 37.0 Å². The molecule has 1 heterocycles. The molecule has 6 heteroatoms. The molecule has 0 radical (unpaired) electrons. The molecular weight excluding hydrogens is 286 g/mol. The third kappa shape index (κ3) is 5.47. The summed E-state index contributed by atoms with van der Waals surface area (Å²) < 4.78 is 2.02. The molecule has 5 nitrogen and oxygen atoms in total. The van der Waals surface area contributed by atoms with Crippen LogP contribution in [0.4, 0.5) is 0 Å². The van der Waals surface area contributed by atoms with Gasteiger partial charge < -0.3 is 15.2 Å². The average molecular weight is 306 g/mol. The number of nitrogens with one attached hydrogen (secondary N) is 2. The van der Waals surface area contributed by atoms with Gasteiger partial charge in [-0.2, -0.15) is 0 Å². The molecule has 0 aliphatic heterocycles. The molecule has 0 fully saturated rings. The monoisotopic (exact) mass is 305 g/mol. The molecule has 0 unspecified atom stereocenters. The number of hydrogen-bond donors (Lipinski definition) is 2. The molecule has 2 N–H and O–H groups in total. The highest BCUT2D eigenvalue weighted by Gasteiger charge is 1.98.